The van der Waals surface area contributed by atoms with E-state index in [0.717, 1.165) is 4.47 Å². The van der Waals surface area contributed by atoms with Crippen LogP contribution >= 0.6 is 31.9 Å². The fraction of sp³-hybridized carbons (Fsp3) is 0.455. The van der Waals surface area contributed by atoms with E-state index in [1.54, 1.807) is 18.2 Å². The summed E-state index contributed by atoms with van der Waals surface area (Å²) in [7, 11) is -3.41. The van der Waals surface area contributed by atoms with Crippen molar-refractivity contribution in [3.8, 4) is 0 Å². The average Bonchev–Trinajstić information content (AvgIpc) is 2.25. The van der Waals surface area contributed by atoms with Crippen LogP contribution in [0.1, 0.15) is 13.8 Å². The highest BCUT2D eigenvalue weighted by Gasteiger charge is 2.26. The number of halogens is 2. The van der Waals surface area contributed by atoms with Gasteiger partial charge in [-0.25, -0.2) is 8.42 Å². The van der Waals surface area contributed by atoms with E-state index in [9.17, 15) is 8.42 Å². The zero-order chi connectivity index (χ0) is 13.1. The lowest BCUT2D eigenvalue weighted by Crippen LogP contribution is -2.38. The third-order valence-corrected chi connectivity index (χ3v) is 5.20. The molecular weight excluding hydrogens is 370 g/mol. The normalized spacial score (nSPS) is 12.4. The van der Waals surface area contributed by atoms with Gasteiger partial charge in [-0.05, 0) is 32.0 Å². The first-order chi connectivity index (χ1) is 7.89. The van der Waals surface area contributed by atoms with Gasteiger partial charge >= 0.3 is 0 Å². The van der Waals surface area contributed by atoms with E-state index in [-0.39, 0.29) is 6.04 Å². The second kappa shape index (κ2) is 6.31. The number of hydrogen-bond donors (Lipinski definition) is 0. The molecule has 0 heterocycles. The van der Waals surface area contributed by atoms with Crippen LogP contribution in [0.2, 0.25) is 0 Å². The van der Waals surface area contributed by atoms with Gasteiger partial charge in [-0.3, -0.25) is 0 Å². The topological polar surface area (TPSA) is 37.4 Å². The molecule has 1 aromatic rings. The summed E-state index contributed by atoms with van der Waals surface area (Å²) in [6, 6.07) is 6.71. The number of hydrogen-bond acceptors (Lipinski definition) is 2. The van der Waals surface area contributed by atoms with Crippen LogP contribution in [0.25, 0.3) is 0 Å². The maximum Gasteiger partial charge on any atom is 0.243 e. The van der Waals surface area contributed by atoms with Crippen molar-refractivity contribution in [3.63, 3.8) is 0 Å². The van der Waals surface area contributed by atoms with Crippen LogP contribution in [0.5, 0.6) is 0 Å². The van der Waals surface area contributed by atoms with Crippen molar-refractivity contribution in [2.45, 2.75) is 24.8 Å². The zero-order valence-electron chi connectivity index (χ0n) is 9.73. The Hall–Kier alpha value is 0.0900. The number of benzene rings is 1. The minimum absolute atomic E-state index is 0.0588. The minimum Gasteiger partial charge on any atom is -0.207 e. The van der Waals surface area contributed by atoms with Crippen molar-refractivity contribution in [1.29, 1.82) is 0 Å². The molecule has 3 nitrogen and oxygen atoms in total. The van der Waals surface area contributed by atoms with E-state index in [0.29, 0.717) is 16.8 Å². The number of sulfonamides is 1. The Labute approximate surface area is 120 Å². The quantitative estimate of drug-likeness (QED) is 0.730. The summed E-state index contributed by atoms with van der Waals surface area (Å²) in [5.41, 5.74) is 0. The second-order valence-electron chi connectivity index (χ2n) is 3.86. The number of alkyl halides is 1. The Morgan fingerprint density at radius 1 is 1.35 bits per heavy atom. The number of nitrogens with zero attached hydrogens (tertiary/aromatic N) is 1. The zero-order valence-corrected chi connectivity index (χ0v) is 13.7. The first-order valence-electron chi connectivity index (χ1n) is 5.23. The molecule has 0 fully saturated rings. The van der Waals surface area contributed by atoms with Gasteiger partial charge in [0.2, 0.25) is 10.0 Å². The van der Waals surface area contributed by atoms with Gasteiger partial charge < -0.3 is 0 Å². The molecule has 0 N–H and O–H groups in total. The standard InChI is InChI=1S/C11H15Br2NO2S/c1-9(2)14(7-6-12)17(15,16)11-5-3-4-10(13)8-11/h3-5,8-9H,6-7H2,1-2H3. The van der Waals surface area contributed by atoms with Crippen LogP contribution in [0, 0.1) is 0 Å². The molecule has 0 aliphatic rings. The van der Waals surface area contributed by atoms with Crippen LogP contribution in [-0.2, 0) is 10.0 Å². The van der Waals surface area contributed by atoms with Gasteiger partial charge in [0.1, 0.15) is 0 Å². The summed E-state index contributed by atoms with van der Waals surface area (Å²) in [6.07, 6.45) is 0. The van der Waals surface area contributed by atoms with E-state index in [1.807, 2.05) is 19.9 Å². The Balaban J connectivity index is 3.16. The molecule has 17 heavy (non-hydrogen) atoms. The van der Waals surface area contributed by atoms with Crippen molar-refractivity contribution in [1.82, 2.24) is 4.31 Å². The molecule has 96 valence electrons. The first kappa shape index (κ1) is 15.1. The van der Waals surface area contributed by atoms with Gasteiger partial charge in [0.15, 0.2) is 0 Å². The molecule has 0 saturated carbocycles. The smallest absolute Gasteiger partial charge is 0.207 e. The fourth-order valence-corrected chi connectivity index (χ4v) is 4.35. The summed E-state index contributed by atoms with van der Waals surface area (Å²) in [5, 5.41) is 0.623. The minimum atomic E-state index is -3.41. The summed E-state index contributed by atoms with van der Waals surface area (Å²) < 4.78 is 27.1. The molecule has 0 aliphatic carbocycles. The molecule has 0 spiro atoms. The molecule has 0 bridgehead atoms. The van der Waals surface area contributed by atoms with E-state index >= 15 is 0 Å². The highest BCUT2D eigenvalue weighted by molar-refractivity contribution is 9.10. The highest BCUT2D eigenvalue weighted by Crippen LogP contribution is 2.21. The Bertz CT molecular complexity index is 474. The van der Waals surface area contributed by atoms with E-state index in [2.05, 4.69) is 31.9 Å². The van der Waals surface area contributed by atoms with Crippen molar-refractivity contribution in [2.75, 3.05) is 11.9 Å². The van der Waals surface area contributed by atoms with E-state index in [4.69, 9.17) is 0 Å². The van der Waals surface area contributed by atoms with Crippen molar-refractivity contribution in [2.24, 2.45) is 0 Å². The Morgan fingerprint density at radius 2 is 2.00 bits per heavy atom. The fourth-order valence-electron chi connectivity index (χ4n) is 1.50. The summed E-state index contributed by atoms with van der Waals surface area (Å²) in [4.78, 5) is 0.321. The van der Waals surface area contributed by atoms with Crippen molar-refractivity contribution < 1.29 is 8.42 Å². The largest absolute Gasteiger partial charge is 0.243 e. The molecular formula is C11H15Br2NO2S. The van der Waals surface area contributed by atoms with Gasteiger partial charge in [-0.15, -0.1) is 0 Å². The van der Waals surface area contributed by atoms with Crippen LogP contribution in [0.3, 0.4) is 0 Å². The van der Waals surface area contributed by atoms with Crippen LogP contribution in [0.15, 0.2) is 33.6 Å². The van der Waals surface area contributed by atoms with Crippen LogP contribution in [-0.4, -0.2) is 30.6 Å². The highest BCUT2D eigenvalue weighted by atomic mass is 79.9. The summed E-state index contributed by atoms with van der Waals surface area (Å²) in [6.45, 7) is 4.21. The first-order valence-corrected chi connectivity index (χ1v) is 8.58. The third-order valence-electron chi connectivity index (χ3n) is 2.28. The molecule has 0 unspecified atom stereocenters. The lowest BCUT2D eigenvalue weighted by Gasteiger charge is -2.25. The molecule has 1 aromatic carbocycles. The lowest BCUT2D eigenvalue weighted by atomic mass is 10.4. The van der Waals surface area contributed by atoms with Gasteiger partial charge in [0, 0.05) is 22.4 Å². The lowest BCUT2D eigenvalue weighted by molar-refractivity contribution is 0.372. The molecule has 0 aromatic heterocycles. The van der Waals surface area contributed by atoms with Gasteiger partial charge in [0.25, 0.3) is 0 Å². The molecule has 6 heteroatoms. The Kier molecular flexibility index (Phi) is 5.63. The van der Waals surface area contributed by atoms with Crippen LogP contribution < -0.4 is 0 Å². The second-order valence-corrected chi connectivity index (χ2v) is 7.46. The number of rotatable bonds is 5. The molecule has 1 rings (SSSR count). The van der Waals surface area contributed by atoms with Gasteiger partial charge in [-0.2, -0.15) is 4.31 Å². The van der Waals surface area contributed by atoms with E-state index in [1.165, 1.54) is 4.31 Å². The molecule has 0 amide bonds. The monoisotopic (exact) mass is 383 g/mol. The van der Waals surface area contributed by atoms with E-state index < -0.39 is 10.0 Å². The average molecular weight is 385 g/mol. The Morgan fingerprint density at radius 3 is 2.47 bits per heavy atom. The molecule has 0 atom stereocenters. The molecule has 0 radical (unpaired) electrons. The predicted molar refractivity (Wildman–Crippen MR) is 77.0 cm³/mol. The predicted octanol–water partition coefficient (Wildman–Crippen LogP) is 3.24. The molecule has 0 aliphatic heterocycles. The van der Waals surface area contributed by atoms with Gasteiger partial charge in [0.05, 0.1) is 4.90 Å². The summed E-state index contributed by atoms with van der Waals surface area (Å²) in [5.74, 6) is 0. The molecule has 0 saturated heterocycles. The van der Waals surface area contributed by atoms with Gasteiger partial charge in [-0.1, -0.05) is 37.9 Å². The maximum absolute atomic E-state index is 12.4. The van der Waals surface area contributed by atoms with Crippen molar-refractivity contribution in [3.05, 3.63) is 28.7 Å². The van der Waals surface area contributed by atoms with Crippen LogP contribution in [0.4, 0.5) is 0 Å². The van der Waals surface area contributed by atoms with Crippen molar-refractivity contribution >= 4 is 41.9 Å². The SMILES string of the molecule is CC(C)N(CCBr)S(=O)(=O)c1cccc(Br)c1. The summed E-state index contributed by atoms with van der Waals surface area (Å²) >= 11 is 6.57. The maximum atomic E-state index is 12.4. The third kappa shape index (κ3) is 3.77.